The summed E-state index contributed by atoms with van der Waals surface area (Å²) in [5.74, 6) is 0.194. The highest BCUT2D eigenvalue weighted by atomic mass is 16.2. The van der Waals surface area contributed by atoms with Crippen molar-refractivity contribution in [1.82, 2.24) is 9.80 Å². The minimum absolute atomic E-state index is 0.194. The molecule has 0 atom stereocenters. The van der Waals surface area contributed by atoms with Crippen LogP contribution in [0.25, 0.3) is 0 Å². The minimum Gasteiger partial charge on any atom is -0.372 e. The van der Waals surface area contributed by atoms with E-state index in [9.17, 15) is 9.59 Å². The molecule has 3 rings (SSSR count). The molecule has 1 aromatic carbocycles. The van der Waals surface area contributed by atoms with Gasteiger partial charge in [-0.2, -0.15) is 0 Å². The molecule has 2 aliphatic rings. The van der Waals surface area contributed by atoms with Gasteiger partial charge in [-0.3, -0.25) is 9.59 Å². The fourth-order valence-electron chi connectivity index (χ4n) is 3.33. The first kappa shape index (κ1) is 15.8. The van der Waals surface area contributed by atoms with Gasteiger partial charge in [0.05, 0.1) is 0 Å². The molecule has 0 bridgehead atoms. The van der Waals surface area contributed by atoms with Crippen LogP contribution in [0.2, 0.25) is 0 Å². The summed E-state index contributed by atoms with van der Waals surface area (Å²) in [4.78, 5) is 29.0. The molecule has 2 heterocycles. The highest BCUT2D eigenvalue weighted by Gasteiger charge is 2.19. The maximum absolute atomic E-state index is 12.3. The largest absolute Gasteiger partial charge is 0.372 e. The Morgan fingerprint density at radius 2 is 1.61 bits per heavy atom. The Kier molecular flexibility index (Phi) is 5.16. The monoisotopic (exact) mass is 315 g/mol. The predicted molar refractivity (Wildman–Crippen MR) is 90.4 cm³/mol. The fraction of sp³-hybridized carbons (Fsp3) is 0.556. The Morgan fingerprint density at radius 1 is 0.957 bits per heavy atom. The molecule has 124 valence electrons. The van der Waals surface area contributed by atoms with Gasteiger partial charge >= 0.3 is 0 Å². The number of rotatable bonds is 5. The van der Waals surface area contributed by atoms with E-state index < -0.39 is 0 Å². The van der Waals surface area contributed by atoms with Crippen LogP contribution >= 0.6 is 0 Å². The van der Waals surface area contributed by atoms with Crippen molar-refractivity contribution >= 4 is 18.0 Å². The molecule has 5 nitrogen and oxygen atoms in total. The smallest absolute Gasteiger partial charge is 0.223 e. The quantitative estimate of drug-likeness (QED) is 0.774. The zero-order valence-electron chi connectivity index (χ0n) is 13.6. The number of benzene rings is 1. The molecule has 0 radical (unpaired) electrons. The van der Waals surface area contributed by atoms with Crippen LogP contribution in [0, 0.1) is 0 Å². The van der Waals surface area contributed by atoms with Crippen molar-refractivity contribution in [1.29, 1.82) is 0 Å². The van der Waals surface area contributed by atoms with E-state index in [0.29, 0.717) is 32.6 Å². The number of anilines is 1. The first-order chi connectivity index (χ1) is 11.3. The molecule has 5 heteroatoms. The van der Waals surface area contributed by atoms with Crippen LogP contribution in [-0.4, -0.2) is 61.4 Å². The number of carbonyl (C=O) groups is 2. The summed E-state index contributed by atoms with van der Waals surface area (Å²) in [6.45, 7) is 4.94. The Bertz CT molecular complexity index is 530. The number of aryl methyl sites for hydroxylation is 1. The molecule has 2 amide bonds. The summed E-state index contributed by atoms with van der Waals surface area (Å²) in [7, 11) is 0. The predicted octanol–water partition coefficient (Wildman–Crippen LogP) is 1.52. The van der Waals surface area contributed by atoms with Gasteiger partial charge in [-0.05, 0) is 37.0 Å². The molecular formula is C18H25N3O2. The molecule has 0 saturated carbocycles. The third-order valence-corrected chi connectivity index (χ3v) is 4.85. The summed E-state index contributed by atoms with van der Waals surface area (Å²) in [6, 6.07) is 8.64. The molecule has 0 aromatic heterocycles. The standard InChI is InChI=1S/C18H25N3O2/c22-15-19-11-13-21(14-12-19)18(23)8-5-16-3-6-17(7-4-16)20-9-1-2-10-20/h3-4,6-7,15H,1-2,5,8-14H2. The van der Waals surface area contributed by atoms with Crippen LogP contribution in [0.3, 0.4) is 0 Å². The lowest BCUT2D eigenvalue weighted by Gasteiger charge is -2.32. The van der Waals surface area contributed by atoms with Gasteiger partial charge < -0.3 is 14.7 Å². The lowest BCUT2D eigenvalue weighted by Crippen LogP contribution is -2.48. The zero-order valence-corrected chi connectivity index (χ0v) is 13.6. The van der Waals surface area contributed by atoms with Crippen LogP contribution in [0.1, 0.15) is 24.8 Å². The fourth-order valence-corrected chi connectivity index (χ4v) is 3.33. The van der Waals surface area contributed by atoms with E-state index in [1.165, 1.54) is 24.1 Å². The van der Waals surface area contributed by atoms with Crippen LogP contribution in [0.15, 0.2) is 24.3 Å². The molecule has 2 fully saturated rings. The Balaban J connectivity index is 1.46. The molecule has 1 aromatic rings. The van der Waals surface area contributed by atoms with Crippen molar-refractivity contribution in [2.45, 2.75) is 25.7 Å². The minimum atomic E-state index is 0.194. The van der Waals surface area contributed by atoms with Crippen LogP contribution < -0.4 is 4.90 Å². The Labute approximate surface area is 137 Å². The molecule has 0 N–H and O–H groups in total. The molecule has 0 spiro atoms. The highest BCUT2D eigenvalue weighted by Crippen LogP contribution is 2.21. The molecule has 0 unspecified atom stereocenters. The van der Waals surface area contributed by atoms with E-state index in [1.807, 2.05) is 4.90 Å². The van der Waals surface area contributed by atoms with Gasteiger partial charge in [-0.15, -0.1) is 0 Å². The van der Waals surface area contributed by atoms with E-state index in [0.717, 1.165) is 25.9 Å². The van der Waals surface area contributed by atoms with Gasteiger partial charge in [-0.25, -0.2) is 0 Å². The van der Waals surface area contributed by atoms with Crippen molar-refractivity contribution in [2.75, 3.05) is 44.2 Å². The van der Waals surface area contributed by atoms with Crippen molar-refractivity contribution in [2.24, 2.45) is 0 Å². The van der Waals surface area contributed by atoms with E-state index in [2.05, 4.69) is 29.2 Å². The maximum Gasteiger partial charge on any atom is 0.223 e. The SMILES string of the molecule is O=CN1CCN(C(=O)CCc2ccc(N3CCCC3)cc2)CC1. The number of nitrogens with zero attached hydrogens (tertiary/aromatic N) is 3. The van der Waals surface area contributed by atoms with Crippen molar-refractivity contribution in [3.63, 3.8) is 0 Å². The third-order valence-electron chi connectivity index (χ3n) is 4.85. The molecule has 2 aliphatic heterocycles. The average Bonchev–Trinajstić information content (AvgIpc) is 3.15. The number of hydrogen-bond donors (Lipinski definition) is 0. The first-order valence-corrected chi connectivity index (χ1v) is 8.57. The van der Waals surface area contributed by atoms with Crippen molar-refractivity contribution in [3.8, 4) is 0 Å². The lowest BCUT2D eigenvalue weighted by molar-refractivity contribution is -0.135. The second-order valence-electron chi connectivity index (χ2n) is 6.38. The van der Waals surface area contributed by atoms with Gasteiger partial charge in [0.1, 0.15) is 0 Å². The number of hydrogen-bond acceptors (Lipinski definition) is 3. The van der Waals surface area contributed by atoms with Crippen LogP contribution in [0.5, 0.6) is 0 Å². The highest BCUT2D eigenvalue weighted by molar-refractivity contribution is 5.76. The number of piperazine rings is 1. The zero-order chi connectivity index (χ0) is 16.1. The van der Waals surface area contributed by atoms with Crippen LogP contribution in [0.4, 0.5) is 5.69 Å². The van der Waals surface area contributed by atoms with Gasteiger partial charge in [0, 0.05) is 51.4 Å². The maximum atomic E-state index is 12.3. The number of carbonyl (C=O) groups excluding carboxylic acids is 2. The van der Waals surface area contributed by atoms with Gasteiger partial charge in [0.25, 0.3) is 0 Å². The third kappa shape index (κ3) is 4.03. The van der Waals surface area contributed by atoms with Crippen molar-refractivity contribution in [3.05, 3.63) is 29.8 Å². The second-order valence-corrected chi connectivity index (χ2v) is 6.38. The topological polar surface area (TPSA) is 43.9 Å². The summed E-state index contributed by atoms with van der Waals surface area (Å²) in [5.41, 5.74) is 2.51. The summed E-state index contributed by atoms with van der Waals surface area (Å²) >= 11 is 0. The summed E-state index contributed by atoms with van der Waals surface area (Å²) in [6.07, 6.45) is 4.77. The average molecular weight is 315 g/mol. The van der Waals surface area contributed by atoms with Crippen LogP contribution in [-0.2, 0) is 16.0 Å². The first-order valence-electron chi connectivity index (χ1n) is 8.57. The van der Waals surface area contributed by atoms with Gasteiger partial charge in [0.15, 0.2) is 0 Å². The Hall–Kier alpha value is -2.04. The van der Waals surface area contributed by atoms with E-state index in [1.54, 1.807) is 4.90 Å². The molecular weight excluding hydrogens is 290 g/mol. The van der Waals surface area contributed by atoms with Crippen molar-refractivity contribution < 1.29 is 9.59 Å². The number of amides is 2. The van der Waals surface area contributed by atoms with E-state index in [-0.39, 0.29) is 5.91 Å². The normalized spacial score (nSPS) is 18.3. The van der Waals surface area contributed by atoms with E-state index in [4.69, 9.17) is 0 Å². The Morgan fingerprint density at radius 3 is 2.22 bits per heavy atom. The molecule has 2 saturated heterocycles. The second kappa shape index (κ2) is 7.49. The van der Waals surface area contributed by atoms with E-state index >= 15 is 0 Å². The van der Waals surface area contributed by atoms with Gasteiger partial charge in [0.2, 0.25) is 12.3 Å². The molecule has 0 aliphatic carbocycles. The molecule has 23 heavy (non-hydrogen) atoms. The lowest BCUT2D eigenvalue weighted by atomic mass is 10.1. The summed E-state index contributed by atoms with van der Waals surface area (Å²) < 4.78 is 0. The van der Waals surface area contributed by atoms with Gasteiger partial charge in [-0.1, -0.05) is 12.1 Å². The summed E-state index contributed by atoms with van der Waals surface area (Å²) in [5, 5.41) is 0.